The molecule has 0 radical (unpaired) electrons. The summed E-state index contributed by atoms with van der Waals surface area (Å²) in [5.41, 5.74) is 2.28. The fourth-order valence-electron chi connectivity index (χ4n) is 5.72. The van der Waals surface area contributed by atoms with Gasteiger partial charge in [0.15, 0.2) is 0 Å². The Morgan fingerprint density at radius 1 is 1.11 bits per heavy atom. The number of hydrogen-bond donors (Lipinski definition) is 2. The number of benzene rings is 1. The molecule has 1 unspecified atom stereocenters. The van der Waals surface area contributed by atoms with Crippen LogP contribution < -0.4 is 10.6 Å². The first-order chi connectivity index (χ1) is 20.8. The molecule has 5 rings (SSSR count). The average molecular weight is 620 g/mol. The van der Waals surface area contributed by atoms with Gasteiger partial charge in [-0.2, -0.15) is 18.3 Å². The van der Waals surface area contributed by atoms with E-state index in [0.29, 0.717) is 5.69 Å². The van der Waals surface area contributed by atoms with E-state index in [9.17, 15) is 27.6 Å². The maximum atomic E-state index is 15.4. The van der Waals surface area contributed by atoms with Gasteiger partial charge in [-0.15, -0.1) is 0 Å². The van der Waals surface area contributed by atoms with E-state index in [1.807, 2.05) is 13.8 Å². The predicted octanol–water partition coefficient (Wildman–Crippen LogP) is 5.12. The lowest BCUT2D eigenvalue weighted by atomic mass is 9.97. The van der Waals surface area contributed by atoms with Gasteiger partial charge in [0.2, 0.25) is 5.91 Å². The molecule has 3 atom stereocenters. The number of carbonyl (C=O) groups excluding carboxylic acids is 3. The number of carbonyl (C=O) groups is 3. The Bertz CT molecular complexity index is 1440. The number of allylic oxidation sites excluding steroid dienone is 1. The third kappa shape index (κ3) is 7.31. The zero-order valence-corrected chi connectivity index (χ0v) is 24.9. The minimum absolute atomic E-state index is 0.00436. The molecule has 2 aliphatic carbocycles. The molecule has 0 spiro atoms. The number of hydrogen-bond acceptors (Lipinski definition) is 5. The van der Waals surface area contributed by atoms with Gasteiger partial charge in [-0.3, -0.25) is 19.1 Å². The molecule has 2 saturated carbocycles. The van der Waals surface area contributed by atoms with Gasteiger partial charge in [0.25, 0.3) is 11.8 Å². The zero-order chi connectivity index (χ0) is 31.8. The Hall–Kier alpha value is -3.74. The number of aromatic nitrogens is 2. The summed E-state index contributed by atoms with van der Waals surface area (Å²) in [5, 5.41) is 9.65. The fourth-order valence-corrected chi connectivity index (χ4v) is 5.72. The smallest absolute Gasteiger partial charge is 0.379 e. The number of anilines is 1. The molecule has 3 amide bonds. The molecule has 1 aromatic heterocycles. The molecular weight excluding hydrogens is 582 g/mol. The van der Waals surface area contributed by atoms with Crippen molar-refractivity contribution in [3.05, 3.63) is 58.7 Å². The second kappa shape index (κ2) is 12.7. The van der Waals surface area contributed by atoms with Gasteiger partial charge in [-0.1, -0.05) is 11.6 Å². The summed E-state index contributed by atoms with van der Waals surface area (Å²) in [6, 6.07) is 3.49. The minimum atomic E-state index is -4.60. The van der Waals surface area contributed by atoms with Gasteiger partial charge < -0.3 is 20.3 Å². The van der Waals surface area contributed by atoms with Crippen LogP contribution in [0.3, 0.4) is 0 Å². The monoisotopic (exact) mass is 619 g/mol. The van der Waals surface area contributed by atoms with Crippen molar-refractivity contribution in [1.29, 1.82) is 0 Å². The number of nitrogens with one attached hydrogen (secondary N) is 2. The summed E-state index contributed by atoms with van der Waals surface area (Å²) in [6.07, 6.45) is 0.659. The van der Waals surface area contributed by atoms with Crippen molar-refractivity contribution in [2.75, 3.05) is 25.1 Å². The lowest BCUT2D eigenvalue weighted by molar-refractivity contribution is -0.166. The van der Waals surface area contributed by atoms with E-state index in [4.69, 9.17) is 4.74 Å². The molecule has 238 valence electrons. The fraction of sp³-hybridized carbons (Fsp3) is 0.548. The van der Waals surface area contributed by atoms with Crippen molar-refractivity contribution in [2.45, 2.75) is 83.1 Å². The molecule has 3 fully saturated rings. The first kappa shape index (κ1) is 31.7. The number of ether oxygens (including phenoxy) is 1. The zero-order valence-electron chi connectivity index (χ0n) is 24.9. The Kier molecular flexibility index (Phi) is 9.15. The summed E-state index contributed by atoms with van der Waals surface area (Å²) < 4.78 is 62.0. The largest absolute Gasteiger partial charge is 0.406 e. The first-order valence-corrected chi connectivity index (χ1v) is 15.0. The summed E-state index contributed by atoms with van der Waals surface area (Å²) in [7, 11) is 0. The second-order valence-electron chi connectivity index (χ2n) is 12.0. The van der Waals surface area contributed by atoms with Gasteiger partial charge in [0, 0.05) is 18.8 Å². The van der Waals surface area contributed by atoms with Crippen LogP contribution in [0.5, 0.6) is 0 Å². The molecular formula is C31H37F4N5O4. The van der Waals surface area contributed by atoms with E-state index in [-0.39, 0.29) is 42.8 Å². The third-order valence-electron chi connectivity index (χ3n) is 8.27. The van der Waals surface area contributed by atoms with E-state index in [1.54, 1.807) is 10.7 Å². The van der Waals surface area contributed by atoms with E-state index in [2.05, 4.69) is 15.7 Å². The van der Waals surface area contributed by atoms with Crippen LogP contribution in [0, 0.1) is 11.7 Å². The SMILES string of the molecule is CC(C)n1nccc1C(=O)N[C@H](C(=O)Nc1ccc([C@H](C)C(=O)N(CC(F)(F)F)C2CCOC2)cc1F)C(=C1CC1)C1CC1. The lowest BCUT2D eigenvalue weighted by Gasteiger charge is -2.31. The van der Waals surface area contributed by atoms with Gasteiger partial charge in [0.1, 0.15) is 24.1 Å². The molecule has 1 aromatic carbocycles. The quantitative estimate of drug-likeness (QED) is 0.268. The second-order valence-corrected chi connectivity index (χ2v) is 12.0. The molecule has 1 saturated heterocycles. The standard InChI is InChI=1S/C31H37F4N5O4/c1-17(2)40-25(10-12-36-40)28(41)38-27(26(19-4-5-19)20-6-7-20)29(42)37-24-9-8-21(14-23(24)32)18(3)30(43)39(16-31(33,34)35)22-11-13-44-15-22/h8-10,12,14,17-19,22,27H,4-7,11,13,15-16H2,1-3H3,(H,37,42)(H,38,41)/t18-,22?,27-/m0/s1. The molecule has 13 heteroatoms. The van der Waals surface area contributed by atoms with Crippen LogP contribution in [-0.2, 0) is 14.3 Å². The molecule has 2 N–H and O–H groups in total. The summed E-state index contributed by atoms with van der Waals surface area (Å²) >= 11 is 0. The summed E-state index contributed by atoms with van der Waals surface area (Å²) in [6.45, 7) is 4.02. The predicted molar refractivity (Wildman–Crippen MR) is 153 cm³/mol. The first-order valence-electron chi connectivity index (χ1n) is 15.0. The lowest BCUT2D eigenvalue weighted by Crippen LogP contribution is -2.47. The normalized spacial score (nSPS) is 19.5. The molecule has 2 aromatic rings. The van der Waals surface area contributed by atoms with Crippen molar-refractivity contribution in [1.82, 2.24) is 20.0 Å². The van der Waals surface area contributed by atoms with Gasteiger partial charge in [-0.25, -0.2) is 4.39 Å². The highest BCUT2D eigenvalue weighted by Crippen LogP contribution is 2.46. The Labute approximate surface area is 253 Å². The van der Waals surface area contributed by atoms with E-state index >= 15 is 4.39 Å². The molecule has 9 nitrogen and oxygen atoms in total. The molecule has 3 aliphatic rings. The van der Waals surface area contributed by atoms with Crippen LogP contribution in [0.1, 0.15) is 80.9 Å². The van der Waals surface area contributed by atoms with Crippen molar-refractivity contribution < 1.29 is 36.7 Å². The van der Waals surface area contributed by atoms with Crippen LogP contribution in [0.4, 0.5) is 23.2 Å². The highest BCUT2D eigenvalue weighted by Gasteiger charge is 2.41. The Morgan fingerprint density at radius 2 is 1.84 bits per heavy atom. The van der Waals surface area contributed by atoms with E-state index < -0.39 is 54.3 Å². The molecule has 44 heavy (non-hydrogen) atoms. The maximum Gasteiger partial charge on any atom is 0.406 e. The topological polar surface area (TPSA) is 106 Å². The number of rotatable bonds is 11. The van der Waals surface area contributed by atoms with Crippen molar-refractivity contribution >= 4 is 23.4 Å². The molecule has 1 aliphatic heterocycles. The van der Waals surface area contributed by atoms with Crippen molar-refractivity contribution in [2.24, 2.45) is 5.92 Å². The summed E-state index contributed by atoms with van der Waals surface area (Å²) in [4.78, 5) is 40.9. The minimum Gasteiger partial charge on any atom is -0.379 e. The van der Waals surface area contributed by atoms with Gasteiger partial charge in [-0.05, 0) is 88.1 Å². The number of amides is 3. The highest BCUT2D eigenvalue weighted by atomic mass is 19.4. The molecule has 2 heterocycles. The van der Waals surface area contributed by atoms with Crippen molar-refractivity contribution in [3.8, 4) is 0 Å². The Morgan fingerprint density at radius 3 is 2.41 bits per heavy atom. The van der Waals surface area contributed by atoms with Crippen LogP contribution in [0.15, 0.2) is 41.6 Å². The van der Waals surface area contributed by atoms with Crippen LogP contribution in [0.25, 0.3) is 0 Å². The summed E-state index contributed by atoms with van der Waals surface area (Å²) in [5.74, 6) is -3.63. The Balaban J connectivity index is 1.34. The average Bonchev–Trinajstić information content (AvgIpc) is 3.87. The third-order valence-corrected chi connectivity index (χ3v) is 8.27. The van der Waals surface area contributed by atoms with Gasteiger partial charge in [0.05, 0.1) is 24.3 Å². The van der Waals surface area contributed by atoms with Crippen LogP contribution in [0.2, 0.25) is 0 Å². The van der Waals surface area contributed by atoms with Crippen LogP contribution in [-0.4, -0.2) is 70.4 Å². The van der Waals surface area contributed by atoms with E-state index in [0.717, 1.165) is 47.8 Å². The van der Waals surface area contributed by atoms with E-state index in [1.165, 1.54) is 25.3 Å². The molecule has 0 bridgehead atoms. The number of nitrogens with zero attached hydrogens (tertiary/aromatic N) is 3. The van der Waals surface area contributed by atoms with Crippen molar-refractivity contribution in [3.63, 3.8) is 0 Å². The van der Waals surface area contributed by atoms with Crippen LogP contribution >= 0.6 is 0 Å². The number of alkyl halides is 3. The number of halogens is 4. The maximum absolute atomic E-state index is 15.4. The highest BCUT2D eigenvalue weighted by molar-refractivity contribution is 6.02. The van der Waals surface area contributed by atoms with Gasteiger partial charge >= 0.3 is 6.18 Å².